The molecule has 0 heterocycles. The fraction of sp³-hybridized carbons (Fsp3) is 0.143. The van der Waals surface area contributed by atoms with E-state index in [0.717, 1.165) is 12.8 Å². The van der Waals surface area contributed by atoms with E-state index in [4.69, 9.17) is 0 Å². The van der Waals surface area contributed by atoms with Gasteiger partial charge in [0.2, 0.25) is 0 Å². The van der Waals surface area contributed by atoms with Crippen LogP contribution in [-0.4, -0.2) is 0 Å². The Morgan fingerprint density at radius 3 is 1.52 bits per heavy atom. The van der Waals surface area contributed by atoms with Crippen molar-refractivity contribution in [2.24, 2.45) is 0 Å². The summed E-state index contributed by atoms with van der Waals surface area (Å²) in [5.74, 6) is 0. The highest BCUT2D eigenvalue weighted by atomic mass is 14.1. The van der Waals surface area contributed by atoms with E-state index in [0.29, 0.717) is 0 Å². The Morgan fingerprint density at radius 1 is 0.762 bits per heavy atom. The van der Waals surface area contributed by atoms with Gasteiger partial charge in [0, 0.05) is 0 Å². The number of fused-ring (bicyclic) bond motifs is 2. The molecule has 0 bridgehead atoms. The van der Waals surface area contributed by atoms with Crippen LogP contribution in [-0.2, 0) is 12.8 Å². The summed E-state index contributed by atoms with van der Waals surface area (Å²) in [4.78, 5) is 0. The molecular weight excluding hydrogens is 252 g/mol. The van der Waals surface area contributed by atoms with Crippen molar-refractivity contribution in [2.45, 2.75) is 19.8 Å². The monoisotopic (exact) mass is 274 g/mol. The molecule has 0 aliphatic heterocycles. The van der Waals surface area contributed by atoms with E-state index >= 15 is 0 Å². The molecule has 0 saturated heterocycles. The van der Waals surface area contributed by atoms with Crippen LogP contribution in [0.2, 0.25) is 0 Å². The molecule has 0 unspecified atom stereocenters. The average molecular weight is 274 g/mol. The van der Waals surface area contributed by atoms with Gasteiger partial charge < -0.3 is 0 Å². The minimum atomic E-state index is 1.12. The minimum absolute atomic E-state index is 1.12. The normalized spacial score (nSPS) is 12.4. The van der Waals surface area contributed by atoms with Gasteiger partial charge in [-0.15, -0.1) is 6.58 Å². The van der Waals surface area contributed by atoms with Gasteiger partial charge in [0.1, 0.15) is 0 Å². The molecule has 0 heteroatoms. The summed E-state index contributed by atoms with van der Waals surface area (Å²) in [7, 11) is 0. The fourth-order valence-electron chi connectivity index (χ4n) is 2.39. The zero-order valence-corrected chi connectivity index (χ0v) is 12.6. The average Bonchev–Trinajstić information content (AvgIpc) is 3.17. The second-order valence-electron chi connectivity index (χ2n) is 5.02. The predicted octanol–water partition coefficient (Wildman–Crippen LogP) is 5.70. The number of allylic oxidation sites excluding steroid dienone is 3. The smallest absolute Gasteiger partial charge is 0.00882 e. The largest absolute Gasteiger partial charge is 0.103 e. The van der Waals surface area contributed by atoms with Crippen molar-refractivity contribution in [3.63, 3.8) is 0 Å². The minimum Gasteiger partial charge on any atom is -0.103 e. The Labute approximate surface area is 128 Å². The zero-order valence-electron chi connectivity index (χ0n) is 12.6. The van der Waals surface area contributed by atoms with Gasteiger partial charge in [0.15, 0.2) is 0 Å². The van der Waals surface area contributed by atoms with Crippen LogP contribution in [0, 0.1) is 0 Å². The van der Waals surface area contributed by atoms with E-state index in [2.05, 4.69) is 79.4 Å². The van der Waals surface area contributed by atoms with E-state index in [1.807, 2.05) is 6.92 Å². The van der Waals surface area contributed by atoms with Crippen molar-refractivity contribution >= 4 is 12.2 Å². The zero-order chi connectivity index (χ0) is 14.9. The van der Waals surface area contributed by atoms with Crippen LogP contribution in [0.5, 0.6) is 0 Å². The van der Waals surface area contributed by atoms with Gasteiger partial charge >= 0.3 is 0 Å². The fourth-order valence-corrected chi connectivity index (χ4v) is 2.39. The van der Waals surface area contributed by atoms with Gasteiger partial charge in [-0.3, -0.25) is 0 Å². The molecule has 0 atom stereocenters. The van der Waals surface area contributed by atoms with Crippen molar-refractivity contribution < 1.29 is 0 Å². The Hall–Kier alpha value is -2.34. The first kappa shape index (κ1) is 15.1. The van der Waals surface area contributed by atoms with Gasteiger partial charge in [-0.05, 0) is 42.0 Å². The standard InChI is InChI=1S/2C9H8.C3H6/c2*1-2-5-9-7-3-6-8(9)4-1;1-3-2/h2*1-6H,7H2;3H,1H2,2H3. The van der Waals surface area contributed by atoms with E-state index in [1.165, 1.54) is 22.3 Å². The van der Waals surface area contributed by atoms with Crippen LogP contribution in [0.25, 0.3) is 12.2 Å². The third-order valence-corrected chi connectivity index (χ3v) is 3.38. The summed E-state index contributed by atoms with van der Waals surface area (Å²) in [5, 5.41) is 0. The molecule has 0 nitrogen and oxygen atoms in total. The van der Waals surface area contributed by atoms with Crippen molar-refractivity contribution in [1.29, 1.82) is 0 Å². The number of benzene rings is 2. The summed E-state index contributed by atoms with van der Waals surface area (Å²) >= 11 is 0. The van der Waals surface area contributed by atoms with Gasteiger partial charge in [0.05, 0.1) is 0 Å². The molecule has 21 heavy (non-hydrogen) atoms. The second kappa shape index (κ2) is 8.06. The lowest BCUT2D eigenvalue weighted by molar-refractivity contribution is 1.31. The van der Waals surface area contributed by atoms with Crippen molar-refractivity contribution in [1.82, 2.24) is 0 Å². The topological polar surface area (TPSA) is 0 Å². The first-order valence-electron chi connectivity index (χ1n) is 7.41. The van der Waals surface area contributed by atoms with Crippen molar-refractivity contribution in [3.8, 4) is 0 Å². The number of hydrogen-bond donors (Lipinski definition) is 0. The molecule has 0 aromatic heterocycles. The molecule has 4 rings (SSSR count). The third-order valence-electron chi connectivity index (χ3n) is 3.38. The van der Waals surface area contributed by atoms with Crippen molar-refractivity contribution in [2.75, 3.05) is 0 Å². The van der Waals surface area contributed by atoms with Gasteiger partial charge in [0.25, 0.3) is 0 Å². The summed E-state index contributed by atoms with van der Waals surface area (Å²) in [6, 6.07) is 17.0. The maximum Gasteiger partial charge on any atom is -0.00882 e. The molecular formula is C21H22. The molecule has 0 fully saturated rings. The van der Waals surface area contributed by atoms with Crippen LogP contribution >= 0.6 is 0 Å². The molecule has 0 saturated carbocycles. The van der Waals surface area contributed by atoms with Crippen LogP contribution in [0.4, 0.5) is 0 Å². The molecule has 2 aromatic carbocycles. The van der Waals surface area contributed by atoms with E-state index in [1.54, 1.807) is 6.08 Å². The van der Waals surface area contributed by atoms with Crippen molar-refractivity contribution in [3.05, 3.63) is 95.6 Å². The number of rotatable bonds is 0. The highest BCUT2D eigenvalue weighted by molar-refractivity contribution is 5.60. The quantitative estimate of drug-likeness (QED) is 0.540. The summed E-state index contributed by atoms with van der Waals surface area (Å²) in [6.45, 7) is 5.25. The molecule has 2 aromatic rings. The number of hydrogen-bond acceptors (Lipinski definition) is 0. The lowest BCUT2D eigenvalue weighted by atomic mass is 10.1. The maximum atomic E-state index is 3.36. The molecule has 2 aliphatic carbocycles. The van der Waals surface area contributed by atoms with Crippen LogP contribution in [0.15, 0.2) is 73.3 Å². The van der Waals surface area contributed by atoms with Crippen LogP contribution < -0.4 is 0 Å². The van der Waals surface area contributed by atoms with E-state index in [-0.39, 0.29) is 0 Å². The van der Waals surface area contributed by atoms with E-state index in [9.17, 15) is 0 Å². The summed E-state index contributed by atoms with van der Waals surface area (Å²) in [6.07, 6.45) is 12.7. The van der Waals surface area contributed by atoms with E-state index < -0.39 is 0 Å². The van der Waals surface area contributed by atoms with Crippen LogP contribution in [0.1, 0.15) is 29.2 Å². The molecule has 0 N–H and O–H groups in total. The molecule has 106 valence electrons. The van der Waals surface area contributed by atoms with Gasteiger partial charge in [-0.2, -0.15) is 0 Å². The van der Waals surface area contributed by atoms with Gasteiger partial charge in [-0.1, -0.05) is 78.9 Å². The Morgan fingerprint density at radius 2 is 1.14 bits per heavy atom. The first-order chi connectivity index (χ1) is 10.3. The lowest BCUT2D eigenvalue weighted by Crippen LogP contribution is -1.76. The summed E-state index contributed by atoms with van der Waals surface area (Å²) < 4.78 is 0. The first-order valence-corrected chi connectivity index (χ1v) is 7.41. The predicted molar refractivity (Wildman–Crippen MR) is 94.2 cm³/mol. The molecule has 2 aliphatic rings. The second-order valence-corrected chi connectivity index (χ2v) is 5.02. The molecule has 0 radical (unpaired) electrons. The highest BCUT2D eigenvalue weighted by Crippen LogP contribution is 2.18. The Kier molecular flexibility index (Phi) is 5.78. The lowest BCUT2D eigenvalue weighted by Gasteiger charge is -1.93. The highest BCUT2D eigenvalue weighted by Gasteiger charge is 2.00. The van der Waals surface area contributed by atoms with Crippen LogP contribution in [0.3, 0.4) is 0 Å². The SMILES string of the molecule is C1=Cc2ccccc2C1.C1=Cc2ccccc2C1.C=CC. The Bertz CT molecular complexity index is 589. The van der Waals surface area contributed by atoms with Gasteiger partial charge in [-0.25, -0.2) is 0 Å². The summed E-state index contributed by atoms with van der Waals surface area (Å²) in [5.41, 5.74) is 5.69. The maximum absolute atomic E-state index is 3.36. The molecule has 0 spiro atoms. The molecule has 0 amide bonds. The third kappa shape index (κ3) is 4.32. The Balaban J connectivity index is 0.000000130.